The average Bonchev–Trinajstić information content (AvgIpc) is 3.23. The van der Waals surface area contributed by atoms with E-state index in [1.165, 1.54) is 38.4 Å². The number of carbonyl (C=O) groups excluding carboxylic acids is 1. The third kappa shape index (κ3) is 4.00. The smallest absolute Gasteiger partial charge is 0.257 e. The van der Waals surface area contributed by atoms with Crippen LogP contribution in [0.3, 0.4) is 0 Å². The van der Waals surface area contributed by atoms with Crippen molar-refractivity contribution in [2.24, 2.45) is 0 Å². The van der Waals surface area contributed by atoms with Crippen LogP contribution in [0.1, 0.15) is 16.8 Å². The first-order chi connectivity index (χ1) is 13.8. The Morgan fingerprint density at radius 2 is 1.66 bits per heavy atom. The van der Waals surface area contributed by atoms with Crippen molar-refractivity contribution in [2.75, 3.05) is 34.4 Å². The number of carbonyl (C=O) groups is 1. The molecule has 1 fully saturated rings. The molecule has 0 aliphatic carbocycles. The normalized spacial score (nSPS) is 16.6. The number of ether oxygens (including phenoxy) is 3. The van der Waals surface area contributed by atoms with Crippen LogP contribution in [0.2, 0.25) is 5.02 Å². The van der Waals surface area contributed by atoms with E-state index in [1.807, 2.05) is 0 Å². The Morgan fingerprint density at radius 3 is 2.24 bits per heavy atom. The molecule has 1 amide bonds. The predicted octanol–water partition coefficient (Wildman–Crippen LogP) is 3.05. The summed E-state index contributed by atoms with van der Waals surface area (Å²) >= 11 is 5.85. The molecule has 1 aliphatic heterocycles. The molecule has 0 bridgehead atoms. The number of sulfone groups is 1. The van der Waals surface area contributed by atoms with E-state index in [2.05, 4.69) is 0 Å². The highest BCUT2D eigenvalue weighted by Crippen LogP contribution is 2.40. The van der Waals surface area contributed by atoms with E-state index in [-0.39, 0.29) is 28.7 Å². The molecule has 0 radical (unpaired) electrons. The second-order valence-corrected chi connectivity index (χ2v) is 9.21. The number of amides is 1. The van der Waals surface area contributed by atoms with E-state index < -0.39 is 15.1 Å². The number of likely N-dealkylation sites (tertiary alicyclic amines) is 1. The van der Waals surface area contributed by atoms with Crippen molar-refractivity contribution in [3.8, 4) is 17.2 Å². The van der Waals surface area contributed by atoms with E-state index >= 15 is 0 Å². The van der Waals surface area contributed by atoms with E-state index in [9.17, 15) is 13.2 Å². The molecule has 3 rings (SSSR count). The fourth-order valence-electron chi connectivity index (χ4n) is 3.42. The maximum Gasteiger partial charge on any atom is 0.257 e. The van der Waals surface area contributed by atoms with Crippen molar-refractivity contribution in [3.63, 3.8) is 0 Å². The summed E-state index contributed by atoms with van der Waals surface area (Å²) in [6.07, 6.45) is 0.353. The number of benzene rings is 2. The minimum atomic E-state index is -3.57. The Labute approximate surface area is 175 Å². The highest BCUT2D eigenvalue weighted by molar-refractivity contribution is 7.92. The van der Waals surface area contributed by atoms with E-state index in [1.54, 1.807) is 24.3 Å². The lowest BCUT2D eigenvalue weighted by atomic mass is 10.1. The Bertz CT molecular complexity index is 1010. The zero-order valence-corrected chi connectivity index (χ0v) is 17.9. The lowest BCUT2D eigenvalue weighted by Crippen LogP contribution is -2.32. The zero-order chi connectivity index (χ0) is 21.2. The molecule has 2 aromatic carbocycles. The average molecular weight is 440 g/mol. The molecular formula is C20H22ClNO6S. The summed E-state index contributed by atoms with van der Waals surface area (Å²) in [6.45, 7) is 0.426. The highest BCUT2D eigenvalue weighted by atomic mass is 35.5. The van der Waals surface area contributed by atoms with Crippen LogP contribution in [0.15, 0.2) is 41.3 Å². The summed E-state index contributed by atoms with van der Waals surface area (Å²) < 4.78 is 41.8. The number of nitrogens with zero attached hydrogens (tertiary/aromatic N) is 1. The molecule has 2 aromatic rings. The molecule has 156 valence electrons. The van der Waals surface area contributed by atoms with Gasteiger partial charge in [0.1, 0.15) is 0 Å². The molecule has 0 aromatic heterocycles. The van der Waals surface area contributed by atoms with Crippen LogP contribution in [0.4, 0.5) is 0 Å². The fraction of sp³-hybridized carbons (Fsp3) is 0.350. The first kappa shape index (κ1) is 21.3. The highest BCUT2D eigenvalue weighted by Gasteiger charge is 2.37. The lowest BCUT2D eigenvalue weighted by Gasteiger charge is -2.20. The number of hydrogen-bond acceptors (Lipinski definition) is 6. The molecule has 1 heterocycles. The van der Waals surface area contributed by atoms with Crippen molar-refractivity contribution < 1.29 is 27.4 Å². The van der Waals surface area contributed by atoms with Crippen molar-refractivity contribution >= 4 is 27.3 Å². The van der Waals surface area contributed by atoms with Gasteiger partial charge in [-0.05, 0) is 42.8 Å². The van der Waals surface area contributed by atoms with Gasteiger partial charge < -0.3 is 19.1 Å². The van der Waals surface area contributed by atoms with Gasteiger partial charge in [-0.3, -0.25) is 4.79 Å². The van der Waals surface area contributed by atoms with Crippen molar-refractivity contribution in [1.29, 1.82) is 0 Å². The molecule has 1 unspecified atom stereocenters. The summed E-state index contributed by atoms with van der Waals surface area (Å²) in [4.78, 5) is 14.8. The lowest BCUT2D eigenvalue weighted by molar-refractivity contribution is 0.0789. The summed E-state index contributed by atoms with van der Waals surface area (Å²) in [5.41, 5.74) is 0.287. The van der Waals surface area contributed by atoms with Gasteiger partial charge in [-0.1, -0.05) is 11.6 Å². The third-order valence-electron chi connectivity index (χ3n) is 4.95. The van der Waals surface area contributed by atoms with Crippen LogP contribution in [-0.4, -0.2) is 58.9 Å². The quantitative estimate of drug-likeness (QED) is 0.688. The van der Waals surface area contributed by atoms with Gasteiger partial charge in [0.2, 0.25) is 5.75 Å². The van der Waals surface area contributed by atoms with Crippen LogP contribution in [0, 0.1) is 0 Å². The van der Waals surface area contributed by atoms with Gasteiger partial charge in [-0.25, -0.2) is 8.42 Å². The number of rotatable bonds is 6. The SMILES string of the molecule is COc1ccc(C(=O)N2CCC(S(=O)(=O)c3ccc(Cl)cc3)C2)c(OC)c1OC. The molecule has 7 nitrogen and oxygen atoms in total. The van der Waals surface area contributed by atoms with Crippen LogP contribution < -0.4 is 14.2 Å². The standard InChI is InChI=1S/C20H22ClNO6S/c1-26-17-9-8-16(18(27-2)19(17)28-3)20(23)22-11-10-15(12-22)29(24,25)14-6-4-13(21)5-7-14/h4-9,15H,10-12H2,1-3H3. The van der Waals surface area contributed by atoms with Crippen LogP contribution >= 0.6 is 11.6 Å². The molecule has 29 heavy (non-hydrogen) atoms. The minimum absolute atomic E-state index is 0.0985. The molecular weight excluding hydrogens is 418 g/mol. The molecule has 0 spiro atoms. The first-order valence-corrected chi connectivity index (χ1v) is 10.8. The van der Waals surface area contributed by atoms with E-state index in [0.717, 1.165) is 0 Å². The molecule has 1 aliphatic rings. The van der Waals surface area contributed by atoms with Crippen molar-refractivity contribution in [3.05, 3.63) is 47.0 Å². The van der Waals surface area contributed by atoms with Crippen LogP contribution in [0.5, 0.6) is 17.2 Å². The monoisotopic (exact) mass is 439 g/mol. The van der Waals surface area contributed by atoms with Gasteiger partial charge in [-0.15, -0.1) is 0 Å². The van der Waals surface area contributed by atoms with Gasteiger partial charge in [0.15, 0.2) is 21.3 Å². The molecule has 0 N–H and O–H groups in total. The van der Waals surface area contributed by atoms with Gasteiger partial charge >= 0.3 is 0 Å². The summed E-state index contributed by atoms with van der Waals surface area (Å²) in [6, 6.07) is 9.26. The van der Waals surface area contributed by atoms with Crippen LogP contribution in [0.25, 0.3) is 0 Å². The van der Waals surface area contributed by atoms with Gasteiger partial charge in [0, 0.05) is 18.1 Å². The van der Waals surface area contributed by atoms with Crippen LogP contribution in [-0.2, 0) is 9.84 Å². The first-order valence-electron chi connectivity index (χ1n) is 8.91. The van der Waals surface area contributed by atoms with Crippen molar-refractivity contribution in [2.45, 2.75) is 16.6 Å². The summed E-state index contributed by atoms with van der Waals surface area (Å²) in [5, 5.41) is -0.216. The molecule has 9 heteroatoms. The minimum Gasteiger partial charge on any atom is -0.493 e. The Morgan fingerprint density at radius 1 is 1.00 bits per heavy atom. The number of methoxy groups -OCH3 is 3. The van der Waals surface area contributed by atoms with Crippen molar-refractivity contribution in [1.82, 2.24) is 4.90 Å². The van der Waals surface area contributed by atoms with E-state index in [0.29, 0.717) is 29.5 Å². The predicted molar refractivity (Wildman–Crippen MR) is 109 cm³/mol. The topological polar surface area (TPSA) is 82.1 Å². The molecule has 1 atom stereocenters. The largest absolute Gasteiger partial charge is 0.493 e. The van der Waals surface area contributed by atoms with Gasteiger partial charge in [0.05, 0.1) is 37.0 Å². The Kier molecular flexibility index (Phi) is 6.24. The Balaban J connectivity index is 1.85. The molecule has 1 saturated heterocycles. The van der Waals surface area contributed by atoms with Gasteiger partial charge in [-0.2, -0.15) is 0 Å². The fourth-order valence-corrected chi connectivity index (χ4v) is 5.24. The maximum atomic E-state index is 13.1. The number of hydrogen-bond donors (Lipinski definition) is 0. The summed E-state index contributed by atoms with van der Waals surface area (Å²) in [7, 11) is 0.814. The second kappa shape index (κ2) is 8.51. The third-order valence-corrected chi connectivity index (χ3v) is 7.39. The summed E-state index contributed by atoms with van der Waals surface area (Å²) in [5.74, 6) is 0.674. The maximum absolute atomic E-state index is 13.1. The number of halogens is 1. The Hall–Kier alpha value is -2.45. The molecule has 0 saturated carbocycles. The van der Waals surface area contributed by atoms with E-state index in [4.69, 9.17) is 25.8 Å². The zero-order valence-electron chi connectivity index (χ0n) is 16.3. The second-order valence-electron chi connectivity index (χ2n) is 6.54. The van der Waals surface area contributed by atoms with Gasteiger partial charge in [0.25, 0.3) is 5.91 Å².